The Morgan fingerprint density at radius 1 is 0.844 bits per heavy atom. The molecule has 3 N–H and O–H groups in total. The first-order valence-corrected chi connectivity index (χ1v) is 11.9. The van der Waals surface area contributed by atoms with Crippen LogP contribution in [0.15, 0.2) is 0 Å². The van der Waals surface area contributed by atoms with Gasteiger partial charge in [0.1, 0.15) is 24.4 Å². The van der Waals surface area contributed by atoms with Crippen molar-refractivity contribution in [2.45, 2.75) is 108 Å². The predicted octanol–water partition coefficient (Wildman–Crippen LogP) is 1.75. The summed E-state index contributed by atoms with van der Waals surface area (Å²) in [6, 6.07) is 0. The van der Waals surface area contributed by atoms with Crippen molar-refractivity contribution in [2.75, 3.05) is 27.3 Å². The van der Waals surface area contributed by atoms with Crippen LogP contribution in [0.1, 0.15) is 77.6 Å². The van der Waals surface area contributed by atoms with Gasteiger partial charge in [0.05, 0.1) is 13.5 Å². The molecule has 0 spiro atoms. The molecule has 9 heteroatoms. The van der Waals surface area contributed by atoms with Crippen LogP contribution in [0.2, 0.25) is 0 Å². The molecule has 1 fully saturated rings. The minimum Gasteiger partial charge on any atom is -0.469 e. The van der Waals surface area contributed by atoms with Gasteiger partial charge in [0.15, 0.2) is 6.29 Å². The second kappa shape index (κ2) is 16.4. The van der Waals surface area contributed by atoms with Crippen molar-refractivity contribution < 1.29 is 39.1 Å². The van der Waals surface area contributed by atoms with Gasteiger partial charge in [-0.3, -0.25) is 9.59 Å². The molecule has 1 aliphatic rings. The molecule has 1 amide bonds. The number of aliphatic hydroxyl groups is 3. The maximum Gasteiger partial charge on any atom is 0.307 e. The normalized spacial score (nSPS) is 25.5. The third-order valence-corrected chi connectivity index (χ3v) is 5.96. The average Bonchev–Trinajstić information content (AvgIpc) is 2.80. The Morgan fingerprint density at radius 3 is 2.00 bits per heavy atom. The van der Waals surface area contributed by atoms with Gasteiger partial charge in [0.2, 0.25) is 5.91 Å². The smallest absolute Gasteiger partial charge is 0.307 e. The number of carbonyl (C=O) groups is 2. The van der Waals surface area contributed by atoms with Crippen LogP contribution in [0.4, 0.5) is 0 Å². The second-order valence-corrected chi connectivity index (χ2v) is 8.49. The molecule has 0 radical (unpaired) electrons. The van der Waals surface area contributed by atoms with Gasteiger partial charge in [0, 0.05) is 26.6 Å². The highest BCUT2D eigenvalue weighted by molar-refractivity contribution is 5.77. The lowest BCUT2D eigenvalue weighted by atomic mass is 9.98. The zero-order chi connectivity index (χ0) is 23.9. The third kappa shape index (κ3) is 10.1. The lowest BCUT2D eigenvalue weighted by Gasteiger charge is -2.41. The minimum atomic E-state index is -1.46. The van der Waals surface area contributed by atoms with Crippen LogP contribution in [0.25, 0.3) is 0 Å². The van der Waals surface area contributed by atoms with Crippen molar-refractivity contribution in [1.29, 1.82) is 0 Å². The molecule has 32 heavy (non-hydrogen) atoms. The Labute approximate surface area is 192 Å². The molecule has 0 unspecified atom stereocenters. The number of unbranched alkanes of at least 4 members (excludes halogenated alkanes) is 8. The lowest BCUT2D eigenvalue weighted by molar-refractivity contribution is -0.291. The molecule has 0 aliphatic carbocycles. The van der Waals surface area contributed by atoms with Crippen LogP contribution >= 0.6 is 0 Å². The molecule has 1 rings (SSSR count). The van der Waals surface area contributed by atoms with Crippen molar-refractivity contribution in [3.05, 3.63) is 0 Å². The summed E-state index contributed by atoms with van der Waals surface area (Å²) in [6.45, 7) is 2.29. The SMILES string of the molecule is CCCCCCCCCCCC(=O)N(CCC(=O)OC)C[C@H]1O[C@H](OC)[C@@H](O)[C@@H](O)[C@@H]1O. The summed E-state index contributed by atoms with van der Waals surface area (Å²) in [5, 5.41) is 30.3. The van der Waals surface area contributed by atoms with Crippen LogP contribution in [0.3, 0.4) is 0 Å². The number of hydrogen-bond donors (Lipinski definition) is 3. The van der Waals surface area contributed by atoms with Crippen LogP contribution in [0, 0.1) is 0 Å². The number of nitrogens with zero attached hydrogens (tertiary/aromatic N) is 1. The number of aliphatic hydroxyl groups excluding tert-OH is 3. The van der Waals surface area contributed by atoms with Gasteiger partial charge in [0.25, 0.3) is 0 Å². The summed E-state index contributed by atoms with van der Waals surface area (Å²) >= 11 is 0. The molecule has 0 bridgehead atoms. The van der Waals surface area contributed by atoms with E-state index < -0.39 is 36.7 Å². The zero-order valence-electron chi connectivity index (χ0n) is 19.9. The maximum atomic E-state index is 12.8. The van der Waals surface area contributed by atoms with Gasteiger partial charge >= 0.3 is 5.97 Å². The number of esters is 1. The van der Waals surface area contributed by atoms with Gasteiger partial charge in [-0.05, 0) is 6.42 Å². The van der Waals surface area contributed by atoms with Gasteiger partial charge in [-0.15, -0.1) is 0 Å². The number of methoxy groups -OCH3 is 2. The fourth-order valence-corrected chi connectivity index (χ4v) is 3.87. The number of amides is 1. The summed E-state index contributed by atoms with van der Waals surface area (Å²) in [5.74, 6) is -0.594. The predicted molar refractivity (Wildman–Crippen MR) is 119 cm³/mol. The molecule has 0 aromatic rings. The number of hydrogen-bond acceptors (Lipinski definition) is 8. The van der Waals surface area contributed by atoms with E-state index in [1.54, 1.807) is 0 Å². The first kappa shape index (κ1) is 28.8. The molecule has 0 aromatic heterocycles. The highest BCUT2D eigenvalue weighted by Gasteiger charge is 2.44. The monoisotopic (exact) mass is 461 g/mol. The van der Waals surface area contributed by atoms with Crippen LogP contribution in [-0.4, -0.2) is 90.1 Å². The van der Waals surface area contributed by atoms with Crippen LogP contribution in [-0.2, 0) is 23.8 Å². The van der Waals surface area contributed by atoms with E-state index in [0.29, 0.717) is 6.42 Å². The molecular weight excluding hydrogens is 418 g/mol. The summed E-state index contributed by atoms with van der Waals surface area (Å²) < 4.78 is 15.2. The van der Waals surface area contributed by atoms with Crippen molar-refractivity contribution in [3.8, 4) is 0 Å². The molecule has 1 saturated heterocycles. The van der Waals surface area contributed by atoms with E-state index in [2.05, 4.69) is 11.7 Å². The summed E-state index contributed by atoms with van der Waals surface area (Å²) in [5.41, 5.74) is 0. The standard InChI is InChI=1S/C23H43NO8/c1-4-5-6-7-8-9-10-11-12-13-18(25)24(15-14-19(26)30-2)16-17-20(27)21(28)22(29)23(31-3)32-17/h17,20-23,27-29H,4-16H2,1-3H3/t17-,20-,21+,22+,23+/m1/s1. The van der Waals surface area contributed by atoms with Gasteiger partial charge in [-0.1, -0.05) is 58.3 Å². The molecule has 9 nitrogen and oxygen atoms in total. The first-order valence-electron chi connectivity index (χ1n) is 11.9. The Bertz CT molecular complexity index is 530. The van der Waals surface area contributed by atoms with Gasteiger partial charge in [-0.25, -0.2) is 0 Å². The Morgan fingerprint density at radius 2 is 1.44 bits per heavy atom. The third-order valence-electron chi connectivity index (χ3n) is 5.96. The van der Waals surface area contributed by atoms with Crippen molar-refractivity contribution in [1.82, 2.24) is 4.90 Å². The molecule has 0 aromatic carbocycles. The summed E-state index contributed by atoms with van der Waals surface area (Å²) in [4.78, 5) is 25.9. The first-order chi connectivity index (χ1) is 15.3. The summed E-state index contributed by atoms with van der Waals surface area (Å²) in [6.07, 6.45) is 4.30. The minimum absolute atomic E-state index is 0.0156. The van der Waals surface area contributed by atoms with E-state index in [1.165, 1.54) is 57.6 Å². The van der Waals surface area contributed by atoms with E-state index in [0.717, 1.165) is 19.3 Å². The highest BCUT2D eigenvalue weighted by Crippen LogP contribution is 2.23. The van der Waals surface area contributed by atoms with Gasteiger partial charge in [-0.2, -0.15) is 0 Å². The van der Waals surface area contributed by atoms with E-state index in [-0.39, 0.29) is 25.4 Å². The van der Waals surface area contributed by atoms with Crippen molar-refractivity contribution >= 4 is 11.9 Å². The maximum absolute atomic E-state index is 12.8. The van der Waals surface area contributed by atoms with E-state index >= 15 is 0 Å². The molecule has 5 atom stereocenters. The molecule has 188 valence electrons. The summed E-state index contributed by atoms with van der Waals surface area (Å²) in [7, 11) is 2.60. The second-order valence-electron chi connectivity index (χ2n) is 8.49. The van der Waals surface area contributed by atoms with Crippen molar-refractivity contribution in [2.24, 2.45) is 0 Å². The van der Waals surface area contributed by atoms with Crippen LogP contribution < -0.4 is 0 Å². The zero-order valence-corrected chi connectivity index (χ0v) is 19.9. The van der Waals surface area contributed by atoms with E-state index in [1.807, 2.05) is 0 Å². The van der Waals surface area contributed by atoms with Gasteiger partial charge < -0.3 is 34.4 Å². The topological polar surface area (TPSA) is 126 Å². The number of carbonyl (C=O) groups excluding carboxylic acids is 2. The largest absolute Gasteiger partial charge is 0.469 e. The van der Waals surface area contributed by atoms with E-state index in [9.17, 15) is 24.9 Å². The molecule has 0 saturated carbocycles. The molecule has 1 heterocycles. The molecular formula is C23H43NO8. The quantitative estimate of drug-likeness (QED) is 0.234. The van der Waals surface area contributed by atoms with Crippen molar-refractivity contribution in [3.63, 3.8) is 0 Å². The number of rotatable bonds is 16. The fourth-order valence-electron chi connectivity index (χ4n) is 3.87. The Balaban J connectivity index is 2.54. The molecule has 1 aliphatic heterocycles. The Hall–Kier alpha value is -1.26. The number of ether oxygens (including phenoxy) is 3. The average molecular weight is 462 g/mol. The Kier molecular flexibility index (Phi) is 14.7. The highest BCUT2D eigenvalue weighted by atomic mass is 16.7. The van der Waals surface area contributed by atoms with E-state index in [4.69, 9.17) is 9.47 Å². The van der Waals surface area contributed by atoms with Crippen LogP contribution in [0.5, 0.6) is 0 Å². The fraction of sp³-hybridized carbons (Fsp3) is 0.913. The lowest BCUT2D eigenvalue weighted by Crippen LogP contribution is -2.60.